The van der Waals surface area contributed by atoms with Gasteiger partial charge in [0.15, 0.2) is 5.78 Å². The number of Topliss-reactive ketones (excluding diaryl/α,β-unsaturated/α-hetero) is 1. The molecule has 0 atom stereocenters. The van der Waals surface area contributed by atoms with Crippen LogP contribution in [0.1, 0.15) is 17.3 Å². The molecule has 0 amide bonds. The summed E-state index contributed by atoms with van der Waals surface area (Å²) in [6.07, 6.45) is 4.88. The highest BCUT2D eigenvalue weighted by Gasteiger charge is 2.09. The van der Waals surface area contributed by atoms with Gasteiger partial charge in [0.05, 0.1) is 12.0 Å². The fourth-order valence-electron chi connectivity index (χ4n) is 1.42. The molecule has 0 N–H and O–H groups in total. The Bertz CT molecular complexity index is 491. The van der Waals surface area contributed by atoms with Crippen molar-refractivity contribution in [2.75, 3.05) is 0 Å². The first-order chi connectivity index (χ1) is 7.18. The van der Waals surface area contributed by atoms with Crippen LogP contribution in [0.5, 0.6) is 0 Å². The Morgan fingerprint density at radius 1 is 1.47 bits per heavy atom. The molecule has 1 aromatic heterocycles. The Morgan fingerprint density at radius 2 is 2.27 bits per heavy atom. The first-order valence-corrected chi connectivity index (χ1v) is 4.47. The van der Waals surface area contributed by atoms with Gasteiger partial charge in [0.25, 0.3) is 0 Å². The lowest BCUT2D eigenvalue weighted by Crippen LogP contribution is -2.02. The SMILES string of the molecule is CC(=O)c1cc(F)ccc1-n1ccnc1. The van der Waals surface area contributed by atoms with Crippen molar-refractivity contribution in [3.05, 3.63) is 48.3 Å². The molecule has 3 nitrogen and oxygen atoms in total. The van der Waals surface area contributed by atoms with Crippen LogP contribution in [0.2, 0.25) is 0 Å². The number of benzene rings is 1. The van der Waals surface area contributed by atoms with Crippen molar-refractivity contribution in [1.82, 2.24) is 9.55 Å². The molecule has 1 heterocycles. The number of hydrogen-bond donors (Lipinski definition) is 0. The molecular formula is C11H9FN2O. The van der Waals surface area contributed by atoms with Crippen molar-refractivity contribution >= 4 is 5.78 Å². The van der Waals surface area contributed by atoms with Gasteiger partial charge >= 0.3 is 0 Å². The van der Waals surface area contributed by atoms with Crippen LogP contribution in [0.4, 0.5) is 4.39 Å². The van der Waals surface area contributed by atoms with Crippen LogP contribution in [0.25, 0.3) is 5.69 Å². The summed E-state index contributed by atoms with van der Waals surface area (Å²) in [6, 6.07) is 4.12. The third-order valence-corrected chi connectivity index (χ3v) is 2.12. The largest absolute Gasteiger partial charge is 0.306 e. The summed E-state index contributed by atoms with van der Waals surface area (Å²) in [5.74, 6) is -0.581. The minimum Gasteiger partial charge on any atom is -0.306 e. The average molecular weight is 204 g/mol. The maximum atomic E-state index is 13.0. The van der Waals surface area contributed by atoms with Crippen LogP contribution in [-0.2, 0) is 0 Å². The predicted octanol–water partition coefficient (Wildman–Crippen LogP) is 2.21. The molecule has 0 radical (unpaired) electrons. The zero-order valence-corrected chi connectivity index (χ0v) is 8.14. The fraction of sp³-hybridized carbons (Fsp3) is 0.0909. The number of rotatable bonds is 2. The van der Waals surface area contributed by atoms with Crippen LogP contribution >= 0.6 is 0 Å². The van der Waals surface area contributed by atoms with Crippen LogP contribution in [-0.4, -0.2) is 15.3 Å². The van der Waals surface area contributed by atoms with E-state index in [1.165, 1.54) is 19.1 Å². The van der Waals surface area contributed by atoms with Gasteiger partial charge in [-0.25, -0.2) is 9.37 Å². The van der Waals surface area contributed by atoms with Crippen molar-refractivity contribution in [2.45, 2.75) is 6.92 Å². The van der Waals surface area contributed by atoms with E-state index >= 15 is 0 Å². The molecular weight excluding hydrogens is 195 g/mol. The molecule has 0 saturated heterocycles. The molecule has 1 aromatic carbocycles. The second-order valence-electron chi connectivity index (χ2n) is 3.19. The maximum absolute atomic E-state index is 13.0. The molecule has 0 saturated carbocycles. The van der Waals surface area contributed by atoms with Crippen molar-refractivity contribution in [1.29, 1.82) is 0 Å². The van der Waals surface area contributed by atoms with Gasteiger partial charge in [-0.3, -0.25) is 4.79 Å². The van der Waals surface area contributed by atoms with Gasteiger partial charge in [-0.2, -0.15) is 0 Å². The summed E-state index contributed by atoms with van der Waals surface area (Å²) < 4.78 is 14.6. The van der Waals surface area contributed by atoms with Crippen molar-refractivity contribution in [3.8, 4) is 5.69 Å². The van der Waals surface area contributed by atoms with Gasteiger partial charge < -0.3 is 4.57 Å². The second-order valence-corrected chi connectivity index (χ2v) is 3.19. The summed E-state index contributed by atoms with van der Waals surface area (Å²) in [6.45, 7) is 1.41. The molecule has 15 heavy (non-hydrogen) atoms. The maximum Gasteiger partial charge on any atom is 0.162 e. The zero-order chi connectivity index (χ0) is 10.8. The van der Waals surface area contributed by atoms with E-state index in [4.69, 9.17) is 0 Å². The van der Waals surface area contributed by atoms with Crippen LogP contribution in [0.3, 0.4) is 0 Å². The van der Waals surface area contributed by atoms with Gasteiger partial charge in [-0.1, -0.05) is 0 Å². The van der Waals surface area contributed by atoms with E-state index < -0.39 is 5.82 Å². The van der Waals surface area contributed by atoms with E-state index in [0.29, 0.717) is 11.3 Å². The highest BCUT2D eigenvalue weighted by atomic mass is 19.1. The number of carbonyl (C=O) groups is 1. The molecule has 0 spiro atoms. The number of nitrogens with zero attached hydrogens (tertiary/aromatic N) is 2. The van der Waals surface area contributed by atoms with Gasteiger partial charge in [0.2, 0.25) is 0 Å². The van der Waals surface area contributed by atoms with Gasteiger partial charge in [0.1, 0.15) is 5.82 Å². The lowest BCUT2D eigenvalue weighted by atomic mass is 10.1. The molecule has 0 unspecified atom stereocenters. The predicted molar refractivity (Wildman–Crippen MR) is 53.5 cm³/mol. The summed E-state index contributed by atoms with van der Waals surface area (Å²) in [4.78, 5) is 15.2. The second kappa shape index (κ2) is 3.65. The van der Waals surface area contributed by atoms with Crippen molar-refractivity contribution < 1.29 is 9.18 Å². The monoisotopic (exact) mass is 204 g/mol. The van der Waals surface area contributed by atoms with Gasteiger partial charge in [-0.15, -0.1) is 0 Å². The smallest absolute Gasteiger partial charge is 0.162 e. The number of imidazole rings is 1. The molecule has 0 aliphatic heterocycles. The Morgan fingerprint density at radius 3 is 2.87 bits per heavy atom. The molecule has 0 aliphatic rings. The van der Waals surface area contributed by atoms with Crippen LogP contribution in [0.15, 0.2) is 36.9 Å². The minimum absolute atomic E-state index is 0.168. The fourth-order valence-corrected chi connectivity index (χ4v) is 1.42. The molecule has 0 fully saturated rings. The third kappa shape index (κ3) is 1.79. The first-order valence-electron chi connectivity index (χ1n) is 4.47. The van der Waals surface area contributed by atoms with Crippen LogP contribution in [0, 0.1) is 5.82 Å². The highest BCUT2D eigenvalue weighted by molar-refractivity contribution is 5.97. The van der Waals surface area contributed by atoms with E-state index in [2.05, 4.69) is 4.98 Å². The molecule has 2 aromatic rings. The first kappa shape index (κ1) is 9.58. The molecule has 0 bridgehead atoms. The van der Waals surface area contributed by atoms with E-state index in [1.54, 1.807) is 29.4 Å². The summed E-state index contributed by atoms with van der Waals surface area (Å²) in [5.41, 5.74) is 0.995. The van der Waals surface area contributed by atoms with Gasteiger partial charge in [-0.05, 0) is 25.1 Å². The van der Waals surface area contributed by atoms with E-state index in [0.717, 1.165) is 0 Å². The number of hydrogen-bond acceptors (Lipinski definition) is 2. The quantitative estimate of drug-likeness (QED) is 0.703. The normalized spacial score (nSPS) is 10.3. The molecule has 0 aliphatic carbocycles. The number of carbonyl (C=O) groups excluding carboxylic acids is 1. The van der Waals surface area contributed by atoms with Crippen LogP contribution < -0.4 is 0 Å². The Balaban J connectivity index is 2.61. The zero-order valence-electron chi connectivity index (χ0n) is 8.14. The standard InChI is InChI=1S/C11H9FN2O/c1-8(15)10-6-9(12)2-3-11(10)14-5-4-13-7-14/h2-7H,1H3. The molecule has 4 heteroatoms. The lowest BCUT2D eigenvalue weighted by molar-refractivity contribution is 0.101. The van der Waals surface area contributed by atoms with Crippen molar-refractivity contribution in [3.63, 3.8) is 0 Å². The molecule has 76 valence electrons. The number of ketones is 1. The number of aromatic nitrogens is 2. The highest BCUT2D eigenvalue weighted by Crippen LogP contribution is 2.16. The third-order valence-electron chi connectivity index (χ3n) is 2.12. The number of halogens is 1. The summed E-state index contributed by atoms with van der Waals surface area (Å²) in [5, 5.41) is 0. The van der Waals surface area contributed by atoms with E-state index in [-0.39, 0.29) is 5.78 Å². The van der Waals surface area contributed by atoms with E-state index in [1.807, 2.05) is 0 Å². The van der Waals surface area contributed by atoms with Gasteiger partial charge in [0, 0.05) is 18.0 Å². The van der Waals surface area contributed by atoms with E-state index in [9.17, 15) is 9.18 Å². The topological polar surface area (TPSA) is 34.9 Å². The summed E-state index contributed by atoms with van der Waals surface area (Å²) in [7, 11) is 0. The summed E-state index contributed by atoms with van der Waals surface area (Å²) >= 11 is 0. The average Bonchev–Trinajstić information content (AvgIpc) is 2.70. The Hall–Kier alpha value is -1.97. The Labute approximate surface area is 86.2 Å². The molecule has 2 rings (SSSR count). The Kier molecular flexibility index (Phi) is 2.33. The van der Waals surface area contributed by atoms with Crippen molar-refractivity contribution in [2.24, 2.45) is 0 Å². The minimum atomic E-state index is -0.413. The lowest BCUT2D eigenvalue weighted by Gasteiger charge is -2.07.